The fourth-order valence-corrected chi connectivity index (χ4v) is 2.70. The fourth-order valence-electron chi connectivity index (χ4n) is 1.80. The van der Waals surface area contributed by atoms with Gasteiger partial charge in [0.1, 0.15) is 0 Å². The Morgan fingerprint density at radius 2 is 2.14 bits per heavy atom. The summed E-state index contributed by atoms with van der Waals surface area (Å²) in [5.41, 5.74) is 9.08. The van der Waals surface area contributed by atoms with Crippen molar-refractivity contribution >= 4 is 23.0 Å². The molecule has 0 saturated carbocycles. The molecule has 1 aromatic heterocycles. The molecule has 3 N–H and O–H groups in total. The first-order valence-electron chi connectivity index (χ1n) is 6.93. The second kappa shape index (κ2) is 6.26. The second-order valence-corrected chi connectivity index (χ2v) is 6.95. The Balaban J connectivity index is 1.99. The molecule has 1 heterocycles. The lowest BCUT2D eigenvalue weighted by Crippen LogP contribution is -2.22. The highest BCUT2D eigenvalue weighted by atomic mass is 32.1. The number of benzene rings is 1. The van der Waals surface area contributed by atoms with Crippen molar-refractivity contribution in [2.24, 2.45) is 10.7 Å². The van der Waals surface area contributed by atoms with Crippen molar-refractivity contribution in [3.8, 4) is 0 Å². The zero-order valence-corrected chi connectivity index (χ0v) is 13.8. The number of aryl methyl sites for hydroxylation is 1. The predicted octanol–water partition coefficient (Wildman–Crippen LogP) is 3.68. The van der Waals surface area contributed by atoms with E-state index in [9.17, 15) is 0 Å². The topological polar surface area (TPSA) is 63.3 Å². The normalized spacial score (nSPS) is 12.5. The lowest BCUT2D eigenvalue weighted by atomic mass is 9.98. The van der Waals surface area contributed by atoms with Crippen molar-refractivity contribution in [1.82, 2.24) is 4.98 Å². The number of nitrogens with zero attached hydrogens (tertiary/aromatic N) is 2. The van der Waals surface area contributed by atoms with Crippen LogP contribution in [-0.2, 0) is 12.0 Å². The van der Waals surface area contributed by atoms with Crippen LogP contribution in [0.5, 0.6) is 0 Å². The zero-order chi connectivity index (χ0) is 15.5. The third-order valence-corrected chi connectivity index (χ3v) is 4.21. The molecule has 21 heavy (non-hydrogen) atoms. The van der Waals surface area contributed by atoms with Crippen LogP contribution in [0.4, 0.5) is 5.69 Å². The zero-order valence-electron chi connectivity index (χ0n) is 13.0. The van der Waals surface area contributed by atoms with E-state index in [2.05, 4.69) is 36.1 Å². The number of nitrogens with two attached hydrogens (primary N) is 1. The summed E-state index contributed by atoms with van der Waals surface area (Å²) in [6.45, 7) is 9.02. The number of hydrogen-bond donors (Lipinski definition) is 2. The van der Waals surface area contributed by atoms with Crippen molar-refractivity contribution in [2.45, 2.75) is 39.7 Å². The van der Waals surface area contributed by atoms with Crippen LogP contribution < -0.4 is 11.1 Å². The number of aliphatic imine (C=N–C) groups is 1. The van der Waals surface area contributed by atoms with Gasteiger partial charge in [-0.1, -0.05) is 32.9 Å². The van der Waals surface area contributed by atoms with E-state index < -0.39 is 0 Å². The van der Waals surface area contributed by atoms with Crippen molar-refractivity contribution in [3.05, 3.63) is 45.9 Å². The van der Waals surface area contributed by atoms with Gasteiger partial charge in [0.05, 0.1) is 17.2 Å². The molecule has 0 atom stereocenters. The van der Waals surface area contributed by atoms with Gasteiger partial charge in [0.15, 0.2) is 5.96 Å². The number of hydrogen-bond acceptors (Lipinski definition) is 3. The molecule has 1 aromatic carbocycles. The predicted molar refractivity (Wildman–Crippen MR) is 90.9 cm³/mol. The molecule has 0 spiro atoms. The third-order valence-electron chi connectivity index (χ3n) is 2.90. The fraction of sp³-hybridized carbons (Fsp3) is 0.375. The molecule has 0 unspecified atom stereocenters. The minimum Gasteiger partial charge on any atom is -0.370 e. The monoisotopic (exact) mass is 302 g/mol. The third kappa shape index (κ3) is 4.56. The van der Waals surface area contributed by atoms with Crippen molar-refractivity contribution in [1.29, 1.82) is 0 Å². The summed E-state index contributed by atoms with van der Waals surface area (Å²) >= 11 is 1.67. The summed E-state index contributed by atoms with van der Waals surface area (Å²) in [5, 5.41) is 6.26. The van der Waals surface area contributed by atoms with Gasteiger partial charge in [-0.15, -0.1) is 11.3 Å². The van der Waals surface area contributed by atoms with Crippen LogP contribution in [0.15, 0.2) is 34.6 Å². The Labute approximate surface area is 130 Å². The van der Waals surface area contributed by atoms with Crippen LogP contribution in [0.3, 0.4) is 0 Å². The molecule has 4 nitrogen and oxygen atoms in total. The van der Waals surface area contributed by atoms with Gasteiger partial charge >= 0.3 is 0 Å². The Hall–Kier alpha value is -1.88. The van der Waals surface area contributed by atoms with Crippen molar-refractivity contribution in [3.63, 3.8) is 0 Å². The van der Waals surface area contributed by atoms with E-state index in [0.29, 0.717) is 12.5 Å². The first kappa shape index (κ1) is 15.5. The van der Waals surface area contributed by atoms with Crippen molar-refractivity contribution in [2.75, 3.05) is 5.32 Å². The van der Waals surface area contributed by atoms with E-state index in [4.69, 9.17) is 5.73 Å². The Kier molecular flexibility index (Phi) is 4.63. The Morgan fingerprint density at radius 1 is 1.38 bits per heavy atom. The largest absolute Gasteiger partial charge is 0.370 e. The molecular weight excluding hydrogens is 280 g/mol. The van der Waals surface area contributed by atoms with Crippen LogP contribution in [0, 0.1) is 6.92 Å². The van der Waals surface area contributed by atoms with E-state index in [1.165, 1.54) is 5.56 Å². The van der Waals surface area contributed by atoms with Gasteiger partial charge in [0.25, 0.3) is 0 Å². The maximum atomic E-state index is 5.91. The highest BCUT2D eigenvalue weighted by molar-refractivity contribution is 7.09. The summed E-state index contributed by atoms with van der Waals surface area (Å²) in [6, 6.07) is 8.03. The highest BCUT2D eigenvalue weighted by Gasteiger charge is 2.17. The number of rotatable bonds is 3. The molecule has 2 aromatic rings. The SMILES string of the molecule is Cc1cccc(NC(N)=NCc2csc(C(C)(C)C)n2)c1. The lowest BCUT2D eigenvalue weighted by Gasteiger charge is -2.13. The first-order chi connectivity index (χ1) is 9.84. The maximum absolute atomic E-state index is 5.91. The molecule has 112 valence electrons. The van der Waals surface area contributed by atoms with Gasteiger partial charge in [-0.25, -0.2) is 9.98 Å². The van der Waals surface area contributed by atoms with Crippen LogP contribution in [0.2, 0.25) is 0 Å². The molecular formula is C16H22N4S. The van der Waals surface area contributed by atoms with Gasteiger partial charge < -0.3 is 11.1 Å². The number of thiazole rings is 1. The number of anilines is 1. The molecule has 0 bridgehead atoms. The summed E-state index contributed by atoms with van der Waals surface area (Å²) in [4.78, 5) is 8.94. The summed E-state index contributed by atoms with van der Waals surface area (Å²) < 4.78 is 0. The highest BCUT2D eigenvalue weighted by Crippen LogP contribution is 2.25. The Morgan fingerprint density at radius 3 is 2.76 bits per heavy atom. The van der Waals surface area contributed by atoms with Gasteiger partial charge in [0.2, 0.25) is 0 Å². The molecule has 0 saturated heterocycles. The molecule has 0 aliphatic rings. The first-order valence-corrected chi connectivity index (χ1v) is 7.81. The molecule has 0 aliphatic heterocycles. The minimum absolute atomic E-state index is 0.0813. The van der Waals surface area contributed by atoms with E-state index in [-0.39, 0.29) is 5.41 Å². The van der Waals surface area contributed by atoms with Crippen LogP contribution in [-0.4, -0.2) is 10.9 Å². The quantitative estimate of drug-likeness (QED) is 0.671. The number of guanidine groups is 1. The molecule has 0 fully saturated rings. The summed E-state index contributed by atoms with van der Waals surface area (Å²) in [7, 11) is 0. The molecule has 0 amide bonds. The van der Waals surface area contributed by atoms with Gasteiger partial charge in [-0.05, 0) is 24.6 Å². The Bertz CT molecular complexity index is 638. The van der Waals surface area contributed by atoms with Crippen molar-refractivity contribution < 1.29 is 0 Å². The summed E-state index contributed by atoms with van der Waals surface area (Å²) in [6.07, 6.45) is 0. The molecule has 5 heteroatoms. The molecule has 2 rings (SSSR count). The smallest absolute Gasteiger partial charge is 0.193 e. The number of aromatic nitrogens is 1. The minimum atomic E-state index is 0.0813. The van der Waals surface area contributed by atoms with Crippen LogP contribution in [0.25, 0.3) is 0 Å². The van der Waals surface area contributed by atoms with E-state index in [0.717, 1.165) is 16.4 Å². The lowest BCUT2D eigenvalue weighted by molar-refractivity contribution is 0.583. The van der Waals surface area contributed by atoms with E-state index >= 15 is 0 Å². The maximum Gasteiger partial charge on any atom is 0.193 e. The van der Waals surface area contributed by atoms with Crippen LogP contribution >= 0.6 is 11.3 Å². The molecule has 0 radical (unpaired) electrons. The average molecular weight is 302 g/mol. The van der Waals surface area contributed by atoms with Gasteiger partial charge in [0, 0.05) is 16.5 Å². The van der Waals surface area contributed by atoms with Crippen LogP contribution in [0.1, 0.15) is 37.0 Å². The van der Waals surface area contributed by atoms with E-state index in [1.54, 1.807) is 11.3 Å². The summed E-state index contributed by atoms with van der Waals surface area (Å²) in [5.74, 6) is 0.408. The molecule has 0 aliphatic carbocycles. The standard InChI is InChI=1S/C16H22N4S/c1-11-6-5-7-12(8-11)20-15(17)18-9-13-10-21-14(19-13)16(2,3)4/h5-8,10H,9H2,1-4H3,(H3,17,18,20). The van der Waals surface area contributed by atoms with Gasteiger partial charge in [-0.3, -0.25) is 0 Å². The second-order valence-electron chi connectivity index (χ2n) is 6.09. The van der Waals surface area contributed by atoms with Gasteiger partial charge in [-0.2, -0.15) is 0 Å². The van der Waals surface area contributed by atoms with E-state index in [1.807, 2.05) is 36.6 Å². The average Bonchev–Trinajstić information content (AvgIpc) is 2.85. The number of nitrogens with one attached hydrogen (secondary N) is 1.